The Hall–Kier alpha value is -4.03. The predicted octanol–water partition coefficient (Wildman–Crippen LogP) is 3.24. The van der Waals surface area contributed by atoms with Gasteiger partial charge in [-0.1, -0.05) is 26.5 Å². The summed E-state index contributed by atoms with van der Waals surface area (Å²) < 4.78 is 0. The number of amides is 2. The first-order chi connectivity index (χ1) is 21.2. The standard InChI is InChI=1S/C33H42N4O7S/c1-7-19-15(3)30(37-33(19)44)31(42)29-16(4)21(9-11-27(40)41)24(35-29)13-23-20(8-10-26(38)39)14(2)22(34-23)12-25-28(18(6)45)17(5)32(43)36-25/h7,12-13,17-18,28-31,34-35,42,45H,1,8-11H2,2-6H3,(H,36,43)(H,37,44)(H,38,39)(H,40,41)/b24-13-,25-12-/t17-,18?,28+,29?,30+,31-/m1/s1. The monoisotopic (exact) mass is 638 g/mol. The van der Waals surface area contributed by atoms with Gasteiger partial charge in [-0.25, -0.2) is 0 Å². The van der Waals surface area contributed by atoms with E-state index in [9.17, 15) is 34.5 Å². The number of aromatic nitrogens is 1. The number of aliphatic carboxylic acids is 2. The molecular formula is C33H42N4O7S. The first-order valence-corrected chi connectivity index (χ1v) is 15.5. The van der Waals surface area contributed by atoms with E-state index in [1.54, 1.807) is 6.92 Å². The third kappa shape index (κ3) is 6.81. The summed E-state index contributed by atoms with van der Waals surface area (Å²) in [6.07, 6.45) is 4.27. The van der Waals surface area contributed by atoms with E-state index < -0.39 is 30.1 Å². The van der Waals surface area contributed by atoms with Gasteiger partial charge in [0.15, 0.2) is 0 Å². The Kier molecular flexibility index (Phi) is 10.2. The van der Waals surface area contributed by atoms with Gasteiger partial charge in [-0.15, -0.1) is 0 Å². The van der Waals surface area contributed by atoms with Gasteiger partial charge in [0.05, 0.1) is 12.1 Å². The number of aliphatic hydroxyl groups is 1. The molecular weight excluding hydrogens is 596 g/mol. The van der Waals surface area contributed by atoms with Crippen LogP contribution in [0.25, 0.3) is 12.2 Å². The third-order valence-electron chi connectivity index (χ3n) is 9.20. The van der Waals surface area contributed by atoms with Gasteiger partial charge in [-0.3, -0.25) is 19.2 Å². The molecule has 2 amide bonds. The molecule has 0 saturated carbocycles. The number of nitrogens with one attached hydrogen (secondary N) is 4. The van der Waals surface area contributed by atoms with Gasteiger partial charge in [0.2, 0.25) is 5.91 Å². The molecule has 0 aliphatic carbocycles. The second-order valence-electron chi connectivity index (χ2n) is 12.1. The van der Waals surface area contributed by atoms with E-state index in [4.69, 9.17) is 0 Å². The zero-order chi connectivity index (χ0) is 33.3. The number of hydrogen-bond acceptors (Lipinski definition) is 7. The van der Waals surface area contributed by atoms with Crippen LogP contribution in [0.1, 0.15) is 69.5 Å². The number of carboxylic acid groups (broad SMARTS) is 2. The second-order valence-corrected chi connectivity index (χ2v) is 12.9. The molecule has 0 bridgehead atoms. The molecule has 3 aliphatic heterocycles. The molecule has 1 aromatic heterocycles. The van der Waals surface area contributed by atoms with Gasteiger partial charge >= 0.3 is 11.9 Å². The fourth-order valence-corrected chi connectivity index (χ4v) is 7.06. The van der Waals surface area contributed by atoms with Gasteiger partial charge < -0.3 is 36.3 Å². The molecule has 6 atom stereocenters. The Balaban J connectivity index is 1.78. The molecule has 3 aliphatic rings. The smallest absolute Gasteiger partial charge is 0.303 e. The molecule has 2 unspecified atom stereocenters. The van der Waals surface area contributed by atoms with E-state index in [2.05, 4.69) is 40.1 Å². The van der Waals surface area contributed by atoms with Crippen molar-refractivity contribution in [2.24, 2.45) is 11.8 Å². The van der Waals surface area contributed by atoms with Crippen molar-refractivity contribution >= 4 is 48.5 Å². The summed E-state index contributed by atoms with van der Waals surface area (Å²) >= 11 is 4.61. The average molecular weight is 639 g/mol. The van der Waals surface area contributed by atoms with E-state index in [0.717, 1.165) is 22.4 Å². The zero-order valence-electron chi connectivity index (χ0n) is 26.2. The highest BCUT2D eigenvalue weighted by Gasteiger charge is 2.41. The maximum atomic E-state index is 12.5. The number of thiol groups is 1. The largest absolute Gasteiger partial charge is 0.481 e. The number of aromatic amines is 1. The lowest BCUT2D eigenvalue weighted by atomic mass is 9.91. The molecule has 4 rings (SSSR count). The molecule has 7 N–H and O–H groups in total. The Bertz CT molecular complexity index is 1560. The topological polar surface area (TPSA) is 181 Å². The minimum absolute atomic E-state index is 0.0861. The van der Waals surface area contributed by atoms with Crippen molar-refractivity contribution in [2.45, 2.75) is 83.7 Å². The van der Waals surface area contributed by atoms with Crippen LogP contribution in [-0.4, -0.2) is 67.5 Å². The highest BCUT2D eigenvalue weighted by atomic mass is 32.1. The van der Waals surface area contributed by atoms with Crippen LogP contribution < -0.4 is 16.0 Å². The number of hydrogen-bond donors (Lipinski definition) is 8. The molecule has 0 spiro atoms. The van der Waals surface area contributed by atoms with E-state index >= 15 is 0 Å². The lowest BCUT2D eigenvalue weighted by Gasteiger charge is -2.27. The van der Waals surface area contributed by atoms with Gasteiger partial charge in [0.25, 0.3) is 5.91 Å². The first-order valence-electron chi connectivity index (χ1n) is 15.0. The molecule has 0 aromatic carbocycles. The van der Waals surface area contributed by atoms with Crippen LogP contribution in [0.15, 0.2) is 46.3 Å². The Morgan fingerprint density at radius 3 is 2.18 bits per heavy atom. The van der Waals surface area contributed by atoms with Crippen molar-refractivity contribution < 1.29 is 34.5 Å². The Morgan fingerprint density at radius 1 is 0.978 bits per heavy atom. The van der Waals surface area contributed by atoms with Gasteiger partial charge in [0, 0.05) is 58.3 Å². The minimum atomic E-state index is -1.07. The van der Waals surface area contributed by atoms with E-state index in [-0.39, 0.29) is 54.6 Å². The van der Waals surface area contributed by atoms with Crippen LogP contribution in [0.5, 0.6) is 0 Å². The molecule has 1 aromatic rings. The number of carbonyl (C=O) groups is 4. The first kappa shape index (κ1) is 33.9. The Morgan fingerprint density at radius 2 is 1.60 bits per heavy atom. The lowest BCUT2D eigenvalue weighted by molar-refractivity contribution is -0.138. The van der Waals surface area contributed by atoms with Crippen LogP contribution in [0.4, 0.5) is 0 Å². The van der Waals surface area contributed by atoms with Crippen molar-refractivity contribution in [1.82, 2.24) is 20.9 Å². The molecule has 11 nitrogen and oxygen atoms in total. The van der Waals surface area contributed by atoms with Crippen LogP contribution in [0.3, 0.4) is 0 Å². The molecule has 1 saturated heterocycles. The van der Waals surface area contributed by atoms with E-state index in [1.165, 1.54) is 6.08 Å². The Labute approximate surface area is 268 Å². The molecule has 45 heavy (non-hydrogen) atoms. The number of carbonyl (C=O) groups excluding carboxylic acids is 2. The maximum Gasteiger partial charge on any atom is 0.303 e. The average Bonchev–Trinajstić information content (AvgIpc) is 3.62. The van der Waals surface area contributed by atoms with Crippen LogP contribution in [-0.2, 0) is 25.6 Å². The second kappa shape index (κ2) is 13.5. The summed E-state index contributed by atoms with van der Waals surface area (Å²) in [6.45, 7) is 13.0. The summed E-state index contributed by atoms with van der Waals surface area (Å²) in [6, 6.07) is -1.29. The van der Waals surface area contributed by atoms with Crippen LogP contribution >= 0.6 is 12.6 Å². The summed E-state index contributed by atoms with van der Waals surface area (Å²) in [5.41, 5.74) is 6.78. The van der Waals surface area contributed by atoms with Gasteiger partial charge in [-0.05, 0) is 73.6 Å². The SMILES string of the molecule is C=CC1=C(C)[C@@H]([C@H](O)C2N/C(=C\c3[nH]c(/C=C4\NC(=O)[C@H](C)[C@H]4C(C)S)c(C)c3CCC(=O)O)C(CCC(=O)O)=C2C)NC1=O. The number of aliphatic hydroxyl groups excluding tert-OH is 1. The highest BCUT2D eigenvalue weighted by molar-refractivity contribution is 7.80. The zero-order valence-corrected chi connectivity index (χ0v) is 27.0. The van der Waals surface area contributed by atoms with E-state index in [1.807, 2.05) is 39.8 Å². The molecule has 242 valence electrons. The number of carboxylic acids is 2. The summed E-state index contributed by atoms with van der Waals surface area (Å²) in [5, 5.41) is 39.5. The van der Waals surface area contributed by atoms with Gasteiger partial charge in [0.1, 0.15) is 6.10 Å². The van der Waals surface area contributed by atoms with Crippen LogP contribution in [0, 0.1) is 18.8 Å². The maximum absolute atomic E-state index is 12.5. The predicted molar refractivity (Wildman–Crippen MR) is 174 cm³/mol. The van der Waals surface area contributed by atoms with Crippen LogP contribution in [0.2, 0.25) is 0 Å². The normalized spacial score (nSPS) is 26.4. The summed E-state index contributed by atoms with van der Waals surface area (Å²) in [7, 11) is 0. The molecule has 12 heteroatoms. The van der Waals surface area contributed by atoms with Crippen molar-refractivity contribution in [1.29, 1.82) is 0 Å². The van der Waals surface area contributed by atoms with Crippen molar-refractivity contribution in [3.63, 3.8) is 0 Å². The van der Waals surface area contributed by atoms with Gasteiger partial charge in [-0.2, -0.15) is 12.6 Å². The van der Waals surface area contributed by atoms with E-state index in [0.29, 0.717) is 33.8 Å². The minimum Gasteiger partial charge on any atom is -0.481 e. The fraction of sp³-hybridized carbons (Fsp3) is 0.455. The van der Waals surface area contributed by atoms with Crippen molar-refractivity contribution in [2.75, 3.05) is 0 Å². The molecule has 4 heterocycles. The highest BCUT2D eigenvalue weighted by Crippen LogP contribution is 2.37. The molecule has 1 fully saturated rings. The number of H-pyrrole nitrogens is 1. The molecule has 0 radical (unpaired) electrons. The number of allylic oxidation sites excluding steroid dienone is 2. The summed E-state index contributed by atoms with van der Waals surface area (Å²) in [5.74, 6) is -2.71. The van der Waals surface area contributed by atoms with Crippen molar-refractivity contribution in [3.8, 4) is 0 Å². The number of rotatable bonds is 12. The summed E-state index contributed by atoms with van der Waals surface area (Å²) in [4.78, 5) is 51.5. The lowest BCUT2D eigenvalue weighted by Crippen LogP contribution is -2.49. The third-order valence-corrected chi connectivity index (χ3v) is 9.53. The quantitative estimate of drug-likeness (QED) is 0.161. The van der Waals surface area contributed by atoms with Crippen molar-refractivity contribution in [3.05, 3.63) is 68.9 Å². The fourth-order valence-electron chi connectivity index (χ4n) is 6.64.